The van der Waals surface area contributed by atoms with Crippen LogP contribution in [0.5, 0.6) is 0 Å². The number of nitrogens with one attached hydrogen (secondary N) is 1. The van der Waals surface area contributed by atoms with Crippen molar-refractivity contribution in [3.05, 3.63) is 29.9 Å². The Balaban J connectivity index is 1.42. The van der Waals surface area contributed by atoms with Gasteiger partial charge in [-0.3, -0.25) is 4.68 Å². The molecule has 6 heteroatoms. The van der Waals surface area contributed by atoms with Crippen LogP contribution in [0.2, 0.25) is 0 Å². The van der Waals surface area contributed by atoms with Crippen molar-refractivity contribution in [3.8, 4) is 0 Å². The van der Waals surface area contributed by atoms with Crippen LogP contribution in [0.1, 0.15) is 42.6 Å². The molecular weight excluding hydrogens is 268 g/mol. The first kappa shape index (κ1) is 12.9. The van der Waals surface area contributed by atoms with E-state index in [1.807, 2.05) is 24.1 Å². The van der Waals surface area contributed by atoms with Gasteiger partial charge in [0.15, 0.2) is 5.76 Å². The zero-order chi connectivity index (χ0) is 14.2. The average molecular weight is 288 g/mol. The molecule has 3 heterocycles. The van der Waals surface area contributed by atoms with Gasteiger partial charge in [0.05, 0.1) is 24.2 Å². The maximum atomic E-state index is 5.89. The molecule has 0 unspecified atom stereocenters. The van der Waals surface area contributed by atoms with E-state index in [1.54, 1.807) is 6.20 Å². The van der Waals surface area contributed by atoms with Crippen molar-refractivity contribution in [2.24, 2.45) is 13.0 Å². The lowest BCUT2D eigenvalue weighted by molar-refractivity contribution is 0.0932. The Labute approximate surface area is 123 Å². The summed E-state index contributed by atoms with van der Waals surface area (Å²) in [6.45, 7) is 1.69. The van der Waals surface area contributed by atoms with E-state index >= 15 is 0 Å². The minimum absolute atomic E-state index is 0.135. The molecule has 0 spiro atoms. The van der Waals surface area contributed by atoms with E-state index in [0.29, 0.717) is 11.8 Å². The SMILES string of the molecule is Cn1cc([C@H]2OCC[C@@H]2CNc2cnoc2C2CC2)cn1. The van der Waals surface area contributed by atoms with E-state index in [0.717, 1.165) is 36.6 Å². The Hall–Kier alpha value is -1.82. The lowest BCUT2D eigenvalue weighted by atomic mass is 9.97. The van der Waals surface area contributed by atoms with Crippen LogP contribution in [0.15, 0.2) is 23.1 Å². The summed E-state index contributed by atoms with van der Waals surface area (Å²) in [7, 11) is 1.94. The summed E-state index contributed by atoms with van der Waals surface area (Å²) in [6.07, 6.45) is 9.37. The number of nitrogens with zero attached hydrogens (tertiary/aromatic N) is 3. The molecule has 2 atom stereocenters. The van der Waals surface area contributed by atoms with Gasteiger partial charge in [0.1, 0.15) is 0 Å². The summed E-state index contributed by atoms with van der Waals surface area (Å²) >= 11 is 0. The first-order valence-corrected chi connectivity index (χ1v) is 7.60. The van der Waals surface area contributed by atoms with Crippen molar-refractivity contribution in [1.82, 2.24) is 14.9 Å². The molecule has 1 saturated heterocycles. The van der Waals surface area contributed by atoms with Crippen LogP contribution < -0.4 is 5.32 Å². The number of hydrogen-bond acceptors (Lipinski definition) is 5. The van der Waals surface area contributed by atoms with Crippen LogP contribution in [-0.4, -0.2) is 28.1 Å². The van der Waals surface area contributed by atoms with Gasteiger partial charge in [-0.1, -0.05) is 5.16 Å². The van der Waals surface area contributed by atoms with Gasteiger partial charge >= 0.3 is 0 Å². The fourth-order valence-electron chi connectivity index (χ4n) is 3.06. The normalized spacial score (nSPS) is 25.4. The number of aromatic nitrogens is 3. The van der Waals surface area contributed by atoms with Crippen molar-refractivity contribution in [2.75, 3.05) is 18.5 Å². The fraction of sp³-hybridized carbons (Fsp3) is 0.600. The van der Waals surface area contributed by atoms with E-state index in [4.69, 9.17) is 9.26 Å². The quantitative estimate of drug-likeness (QED) is 0.915. The lowest BCUT2D eigenvalue weighted by Crippen LogP contribution is -2.18. The number of ether oxygens (including phenoxy) is 1. The zero-order valence-electron chi connectivity index (χ0n) is 12.2. The van der Waals surface area contributed by atoms with Gasteiger partial charge < -0.3 is 14.6 Å². The minimum atomic E-state index is 0.135. The highest BCUT2D eigenvalue weighted by molar-refractivity contribution is 5.47. The van der Waals surface area contributed by atoms with E-state index in [1.165, 1.54) is 12.8 Å². The van der Waals surface area contributed by atoms with Crippen molar-refractivity contribution in [3.63, 3.8) is 0 Å². The highest BCUT2D eigenvalue weighted by atomic mass is 16.5. The van der Waals surface area contributed by atoms with Crippen LogP contribution >= 0.6 is 0 Å². The zero-order valence-corrected chi connectivity index (χ0v) is 12.2. The average Bonchev–Trinajstić information content (AvgIpc) is 2.91. The van der Waals surface area contributed by atoms with Gasteiger partial charge in [-0.05, 0) is 19.3 Å². The van der Waals surface area contributed by atoms with Gasteiger partial charge in [0.2, 0.25) is 0 Å². The molecule has 2 aromatic heterocycles. The molecule has 1 N–H and O–H groups in total. The van der Waals surface area contributed by atoms with E-state index in [9.17, 15) is 0 Å². The van der Waals surface area contributed by atoms with E-state index in [-0.39, 0.29) is 6.10 Å². The smallest absolute Gasteiger partial charge is 0.162 e. The van der Waals surface area contributed by atoms with Crippen LogP contribution in [-0.2, 0) is 11.8 Å². The predicted octanol–water partition coefficient (Wildman–Crippen LogP) is 2.48. The third kappa shape index (κ3) is 2.55. The second-order valence-electron chi connectivity index (χ2n) is 6.05. The monoisotopic (exact) mass is 288 g/mol. The van der Waals surface area contributed by atoms with Crippen LogP contribution in [0.25, 0.3) is 0 Å². The summed E-state index contributed by atoms with van der Waals surface area (Å²) in [5, 5.41) is 11.7. The molecule has 2 fully saturated rings. The first-order valence-electron chi connectivity index (χ1n) is 7.60. The molecule has 112 valence electrons. The molecule has 0 radical (unpaired) electrons. The molecule has 0 aromatic carbocycles. The summed E-state index contributed by atoms with van der Waals surface area (Å²) in [6, 6.07) is 0. The Morgan fingerprint density at radius 1 is 1.33 bits per heavy atom. The third-order valence-corrected chi connectivity index (χ3v) is 4.37. The van der Waals surface area contributed by atoms with Crippen molar-refractivity contribution in [1.29, 1.82) is 0 Å². The Morgan fingerprint density at radius 3 is 3.00 bits per heavy atom. The van der Waals surface area contributed by atoms with Crippen molar-refractivity contribution in [2.45, 2.75) is 31.3 Å². The highest BCUT2D eigenvalue weighted by Crippen LogP contribution is 2.43. The van der Waals surface area contributed by atoms with Gasteiger partial charge in [-0.2, -0.15) is 5.10 Å². The largest absolute Gasteiger partial charge is 0.380 e. The summed E-state index contributed by atoms with van der Waals surface area (Å²) in [5.41, 5.74) is 2.21. The molecule has 1 saturated carbocycles. The molecule has 6 nitrogen and oxygen atoms in total. The molecule has 0 bridgehead atoms. The third-order valence-electron chi connectivity index (χ3n) is 4.37. The molecule has 0 amide bonds. The Bertz CT molecular complexity index is 617. The maximum absolute atomic E-state index is 5.89. The molecule has 2 aliphatic rings. The number of rotatable bonds is 5. The van der Waals surface area contributed by atoms with Gasteiger partial charge in [0, 0.05) is 43.8 Å². The maximum Gasteiger partial charge on any atom is 0.162 e. The van der Waals surface area contributed by atoms with E-state index in [2.05, 4.69) is 15.6 Å². The molecular formula is C15H20N4O2. The summed E-state index contributed by atoms with van der Waals surface area (Å²) in [5.74, 6) is 2.05. The molecule has 21 heavy (non-hydrogen) atoms. The predicted molar refractivity (Wildman–Crippen MR) is 77.0 cm³/mol. The molecule has 4 rings (SSSR count). The Morgan fingerprint density at radius 2 is 2.24 bits per heavy atom. The number of anilines is 1. The number of aryl methyl sites for hydroxylation is 1. The van der Waals surface area contributed by atoms with Crippen LogP contribution in [0.4, 0.5) is 5.69 Å². The number of hydrogen-bond donors (Lipinski definition) is 1. The van der Waals surface area contributed by atoms with Crippen molar-refractivity contribution >= 4 is 5.69 Å². The van der Waals surface area contributed by atoms with Crippen LogP contribution in [0, 0.1) is 5.92 Å². The standard InChI is InChI=1S/C15H20N4O2/c1-19-9-12(7-17-19)14-11(4-5-20-14)6-16-13-8-18-21-15(13)10-2-3-10/h7-11,14,16H,2-6H2,1H3/t11-,14+/m1/s1. The minimum Gasteiger partial charge on any atom is -0.380 e. The van der Waals surface area contributed by atoms with Crippen molar-refractivity contribution < 1.29 is 9.26 Å². The topological polar surface area (TPSA) is 65.1 Å². The lowest BCUT2D eigenvalue weighted by Gasteiger charge is -2.18. The van der Waals surface area contributed by atoms with E-state index < -0.39 is 0 Å². The Kier molecular flexibility index (Phi) is 3.18. The second kappa shape index (κ2) is 5.18. The second-order valence-corrected chi connectivity index (χ2v) is 6.05. The first-order chi connectivity index (χ1) is 10.3. The van der Waals surface area contributed by atoms with Crippen LogP contribution in [0.3, 0.4) is 0 Å². The summed E-state index contributed by atoms with van der Waals surface area (Å²) < 4.78 is 13.1. The molecule has 1 aliphatic heterocycles. The molecule has 2 aromatic rings. The van der Waals surface area contributed by atoms with Gasteiger partial charge in [-0.25, -0.2) is 0 Å². The highest BCUT2D eigenvalue weighted by Gasteiger charge is 2.33. The van der Waals surface area contributed by atoms with Gasteiger partial charge in [0.25, 0.3) is 0 Å². The summed E-state index contributed by atoms with van der Waals surface area (Å²) in [4.78, 5) is 0. The molecule has 1 aliphatic carbocycles. The van der Waals surface area contributed by atoms with Gasteiger partial charge in [-0.15, -0.1) is 0 Å². The fourth-order valence-corrected chi connectivity index (χ4v) is 3.06.